The highest BCUT2D eigenvalue weighted by atomic mass is 16.4. The zero-order chi connectivity index (χ0) is 13.8. The van der Waals surface area contributed by atoms with Crippen LogP contribution in [0.4, 0.5) is 0 Å². The molecular weight excluding hydrogens is 232 g/mol. The molecule has 1 rings (SSSR count). The summed E-state index contributed by atoms with van der Waals surface area (Å²) >= 11 is 0. The number of carboxylic acids is 1. The van der Waals surface area contributed by atoms with Crippen LogP contribution in [-0.2, 0) is 9.59 Å². The highest BCUT2D eigenvalue weighted by molar-refractivity contribution is 5.87. The van der Waals surface area contributed by atoms with Gasteiger partial charge in [0.25, 0.3) is 0 Å². The molecule has 1 aliphatic rings. The summed E-state index contributed by atoms with van der Waals surface area (Å²) in [7, 11) is 0. The van der Waals surface area contributed by atoms with E-state index < -0.39 is 17.0 Å². The Balaban J connectivity index is 2.78. The van der Waals surface area contributed by atoms with Crippen molar-refractivity contribution in [3.63, 3.8) is 0 Å². The van der Waals surface area contributed by atoms with Crippen LogP contribution in [-0.4, -0.2) is 28.1 Å². The van der Waals surface area contributed by atoms with Gasteiger partial charge in [-0.1, -0.05) is 26.7 Å². The van der Waals surface area contributed by atoms with Crippen molar-refractivity contribution in [1.82, 2.24) is 5.32 Å². The fourth-order valence-electron chi connectivity index (χ4n) is 2.62. The largest absolute Gasteiger partial charge is 0.481 e. The Bertz CT molecular complexity index is 318. The average Bonchev–Trinajstić information content (AvgIpc) is 2.75. The number of aliphatic carboxylic acids is 1. The molecule has 0 aromatic heterocycles. The molecular formula is C13H24N2O3. The number of carbonyl (C=O) groups excluding carboxylic acids is 1. The number of nitrogens with one attached hydrogen (secondary N) is 1. The van der Waals surface area contributed by atoms with Gasteiger partial charge in [-0.25, -0.2) is 0 Å². The third kappa shape index (κ3) is 3.22. The maximum absolute atomic E-state index is 12.2. The highest BCUT2D eigenvalue weighted by Gasteiger charge is 2.41. The molecule has 5 nitrogen and oxygen atoms in total. The van der Waals surface area contributed by atoms with E-state index in [0.29, 0.717) is 12.8 Å². The van der Waals surface area contributed by atoms with Crippen LogP contribution in [0.5, 0.6) is 0 Å². The minimum absolute atomic E-state index is 0.0117. The van der Waals surface area contributed by atoms with Crippen molar-refractivity contribution in [2.24, 2.45) is 5.73 Å². The van der Waals surface area contributed by atoms with Gasteiger partial charge in [-0.05, 0) is 25.7 Å². The summed E-state index contributed by atoms with van der Waals surface area (Å²) in [6.07, 6.45) is 4.48. The van der Waals surface area contributed by atoms with Gasteiger partial charge >= 0.3 is 5.97 Å². The van der Waals surface area contributed by atoms with Gasteiger partial charge in [-0.3, -0.25) is 9.59 Å². The molecule has 104 valence electrons. The van der Waals surface area contributed by atoms with E-state index in [9.17, 15) is 9.59 Å². The Morgan fingerprint density at radius 2 is 1.78 bits per heavy atom. The summed E-state index contributed by atoms with van der Waals surface area (Å²) < 4.78 is 0. The molecule has 0 spiro atoms. The van der Waals surface area contributed by atoms with Crippen LogP contribution in [0.25, 0.3) is 0 Å². The van der Waals surface area contributed by atoms with E-state index >= 15 is 0 Å². The summed E-state index contributed by atoms with van der Waals surface area (Å²) in [5, 5.41) is 11.9. The van der Waals surface area contributed by atoms with Crippen LogP contribution in [0.1, 0.15) is 58.8 Å². The summed E-state index contributed by atoms with van der Waals surface area (Å²) in [5.41, 5.74) is 4.58. The molecule has 1 aliphatic carbocycles. The Hall–Kier alpha value is -1.10. The molecule has 1 amide bonds. The summed E-state index contributed by atoms with van der Waals surface area (Å²) in [6.45, 7) is 3.75. The molecule has 0 heterocycles. The quantitative estimate of drug-likeness (QED) is 0.670. The van der Waals surface area contributed by atoms with Crippen LogP contribution < -0.4 is 11.1 Å². The first kappa shape index (κ1) is 15.0. The Labute approximate surface area is 108 Å². The van der Waals surface area contributed by atoms with Crippen molar-refractivity contribution in [1.29, 1.82) is 0 Å². The number of nitrogens with two attached hydrogens (primary N) is 1. The zero-order valence-electron chi connectivity index (χ0n) is 11.3. The smallest absolute Gasteiger partial charge is 0.305 e. The molecule has 0 aliphatic heterocycles. The fraction of sp³-hybridized carbons (Fsp3) is 0.846. The average molecular weight is 256 g/mol. The first-order chi connectivity index (χ1) is 8.37. The number of hydrogen-bond donors (Lipinski definition) is 3. The monoisotopic (exact) mass is 256 g/mol. The zero-order valence-corrected chi connectivity index (χ0v) is 11.3. The Morgan fingerprint density at radius 3 is 2.17 bits per heavy atom. The number of carbonyl (C=O) groups is 2. The molecule has 0 aromatic carbocycles. The molecule has 0 unspecified atom stereocenters. The fourth-order valence-corrected chi connectivity index (χ4v) is 2.62. The lowest BCUT2D eigenvalue weighted by Gasteiger charge is -2.34. The lowest BCUT2D eigenvalue weighted by atomic mass is 9.88. The van der Waals surface area contributed by atoms with Gasteiger partial charge in [0.1, 0.15) is 0 Å². The van der Waals surface area contributed by atoms with Crippen LogP contribution >= 0.6 is 0 Å². The van der Waals surface area contributed by atoms with Crippen LogP contribution in [0, 0.1) is 0 Å². The van der Waals surface area contributed by atoms with Crippen molar-refractivity contribution in [2.45, 2.75) is 69.9 Å². The summed E-state index contributed by atoms with van der Waals surface area (Å²) in [4.78, 5) is 23.2. The van der Waals surface area contributed by atoms with E-state index in [1.54, 1.807) is 0 Å². The lowest BCUT2D eigenvalue weighted by Crippen LogP contribution is -2.59. The van der Waals surface area contributed by atoms with Crippen molar-refractivity contribution in [3.05, 3.63) is 0 Å². The predicted molar refractivity (Wildman–Crippen MR) is 69.1 cm³/mol. The minimum atomic E-state index is -0.881. The van der Waals surface area contributed by atoms with Crippen LogP contribution in [0.3, 0.4) is 0 Å². The van der Waals surface area contributed by atoms with Gasteiger partial charge in [-0.2, -0.15) is 0 Å². The molecule has 5 heteroatoms. The molecule has 0 radical (unpaired) electrons. The highest BCUT2D eigenvalue weighted by Crippen LogP contribution is 2.33. The van der Waals surface area contributed by atoms with Crippen molar-refractivity contribution >= 4 is 11.9 Å². The van der Waals surface area contributed by atoms with E-state index in [2.05, 4.69) is 5.32 Å². The number of hydrogen-bond acceptors (Lipinski definition) is 3. The van der Waals surface area contributed by atoms with Crippen molar-refractivity contribution in [3.8, 4) is 0 Å². The normalized spacial score (nSPS) is 18.6. The van der Waals surface area contributed by atoms with E-state index in [4.69, 9.17) is 10.8 Å². The van der Waals surface area contributed by atoms with Gasteiger partial charge in [0.05, 0.1) is 17.5 Å². The van der Waals surface area contributed by atoms with E-state index in [-0.39, 0.29) is 12.3 Å². The van der Waals surface area contributed by atoms with E-state index in [0.717, 1.165) is 25.7 Å². The first-order valence-electron chi connectivity index (χ1n) is 6.71. The summed E-state index contributed by atoms with van der Waals surface area (Å²) in [6, 6.07) is 0. The molecule has 0 atom stereocenters. The second kappa shape index (κ2) is 5.69. The second-order valence-electron chi connectivity index (χ2n) is 5.38. The van der Waals surface area contributed by atoms with Crippen LogP contribution in [0.15, 0.2) is 0 Å². The minimum Gasteiger partial charge on any atom is -0.481 e. The lowest BCUT2D eigenvalue weighted by molar-refractivity contribution is -0.139. The number of amides is 1. The Kier molecular flexibility index (Phi) is 4.73. The maximum Gasteiger partial charge on any atom is 0.305 e. The predicted octanol–water partition coefficient (Wildman–Crippen LogP) is 1.41. The Morgan fingerprint density at radius 1 is 1.28 bits per heavy atom. The number of carboxylic acid groups (broad SMARTS) is 1. The van der Waals surface area contributed by atoms with Gasteiger partial charge in [-0.15, -0.1) is 0 Å². The van der Waals surface area contributed by atoms with Gasteiger partial charge < -0.3 is 16.2 Å². The third-order valence-corrected chi connectivity index (χ3v) is 4.14. The van der Waals surface area contributed by atoms with E-state index in [1.807, 2.05) is 13.8 Å². The molecule has 1 fully saturated rings. The van der Waals surface area contributed by atoms with Gasteiger partial charge in [0.2, 0.25) is 5.91 Å². The molecule has 0 saturated heterocycles. The maximum atomic E-state index is 12.2. The van der Waals surface area contributed by atoms with Gasteiger partial charge in [0.15, 0.2) is 0 Å². The van der Waals surface area contributed by atoms with Gasteiger partial charge in [0, 0.05) is 0 Å². The van der Waals surface area contributed by atoms with E-state index in [1.165, 1.54) is 0 Å². The first-order valence-corrected chi connectivity index (χ1v) is 6.71. The standard InChI is InChI=1S/C13H24N2O3/c1-3-13(14,4-2)11(18)15-12(9-10(16)17)7-5-6-8-12/h3-9,14H2,1-2H3,(H,15,18)(H,16,17). The second-order valence-corrected chi connectivity index (χ2v) is 5.38. The molecule has 1 saturated carbocycles. The summed E-state index contributed by atoms with van der Waals surface area (Å²) in [5.74, 6) is -1.08. The topological polar surface area (TPSA) is 92.4 Å². The molecule has 0 aromatic rings. The van der Waals surface area contributed by atoms with Crippen LogP contribution in [0.2, 0.25) is 0 Å². The van der Waals surface area contributed by atoms with Crippen molar-refractivity contribution < 1.29 is 14.7 Å². The molecule has 4 N–H and O–H groups in total. The van der Waals surface area contributed by atoms with Crippen molar-refractivity contribution in [2.75, 3.05) is 0 Å². The number of rotatable bonds is 6. The molecule has 0 bridgehead atoms. The third-order valence-electron chi connectivity index (χ3n) is 4.14. The SMILES string of the molecule is CCC(N)(CC)C(=O)NC1(CC(=O)O)CCCC1. The molecule has 18 heavy (non-hydrogen) atoms.